The molecule has 0 radical (unpaired) electrons. The number of methoxy groups -OCH3 is 1. The Bertz CT molecular complexity index is 1170. The Labute approximate surface area is 235 Å². The summed E-state index contributed by atoms with van der Waals surface area (Å²) in [7, 11) is 1.53. The van der Waals surface area contributed by atoms with Crippen LogP contribution in [0.2, 0.25) is 0 Å². The highest BCUT2D eigenvalue weighted by Crippen LogP contribution is 2.29. The number of amides is 2. The van der Waals surface area contributed by atoms with E-state index in [9.17, 15) is 14.4 Å². The molecular weight excluding hydrogens is 520 g/mol. The van der Waals surface area contributed by atoms with E-state index in [4.69, 9.17) is 20.6 Å². The van der Waals surface area contributed by atoms with E-state index < -0.39 is 0 Å². The fourth-order valence-electron chi connectivity index (χ4n) is 5.13. The Kier molecular flexibility index (Phi) is 10.7. The second kappa shape index (κ2) is 14.0. The maximum atomic E-state index is 13.2. The van der Waals surface area contributed by atoms with E-state index in [-0.39, 0.29) is 54.6 Å². The van der Waals surface area contributed by atoms with Crippen LogP contribution in [0.1, 0.15) is 60.9 Å². The van der Waals surface area contributed by atoms with Gasteiger partial charge in [0.15, 0.2) is 6.61 Å². The number of piperidine rings is 1. The van der Waals surface area contributed by atoms with Crippen molar-refractivity contribution in [3.05, 3.63) is 53.6 Å². The van der Waals surface area contributed by atoms with Gasteiger partial charge >= 0.3 is 5.97 Å². The van der Waals surface area contributed by atoms with Crippen molar-refractivity contribution in [1.29, 1.82) is 5.41 Å². The minimum absolute atomic E-state index is 0. The van der Waals surface area contributed by atoms with Crippen LogP contribution in [0.3, 0.4) is 0 Å². The second-order valence-electron chi connectivity index (χ2n) is 9.98. The zero-order valence-electron chi connectivity index (χ0n) is 22.2. The first-order valence-electron chi connectivity index (χ1n) is 13.2. The van der Waals surface area contributed by atoms with E-state index >= 15 is 0 Å². The molecule has 1 heterocycles. The molecule has 10 heteroatoms. The van der Waals surface area contributed by atoms with Crippen molar-refractivity contribution < 1.29 is 23.9 Å². The molecule has 9 nitrogen and oxygen atoms in total. The number of ether oxygens (including phenoxy) is 2. The number of halogens is 1. The van der Waals surface area contributed by atoms with E-state index in [2.05, 4.69) is 5.32 Å². The van der Waals surface area contributed by atoms with Crippen LogP contribution in [0.25, 0.3) is 11.1 Å². The van der Waals surface area contributed by atoms with Crippen molar-refractivity contribution in [2.75, 3.05) is 26.8 Å². The number of nitrogens with zero attached hydrogens (tertiary/aromatic N) is 1. The lowest BCUT2D eigenvalue weighted by atomic mass is 9.86. The number of nitrogens with two attached hydrogens (primary N) is 1. The first kappa shape index (κ1) is 30.0. The minimum atomic E-state index is -0.328. The van der Waals surface area contributed by atoms with Crippen molar-refractivity contribution in [3.8, 4) is 16.9 Å². The molecule has 0 bridgehead atoms. The van der Waals surface area contributed by atoms with Gasteiger partial charge in [0.05, 0.1) is 18.6 Å². The molecule has 1 saturated heterocycles. The van der Waals surface area contributed by atoms with Gasteiger partial charge in [-0.15, -0.1) is 12.4 Å². The summed E-state index contributed by atoms with van der Waals surface area (Å²) < 4.78 is 10.8. The van der Waals surface area contributed by atoms with Crippen LogP contribution in [0.4, 0.5) is 0 Å². The van der Waals surface area contributed by atoms with Gasteiger partial charge in [0.2, 0.25) is 0 Å². The average molecular weight is 557 g/mol. The largest absolute Gasteiger partial charge is 0.496 e. The third-order valence-electron chi connectivity index (χ3n) is 7.42. The summed E-state index contributed by atoms with van der Waals surface area (Å²) >= 11 is 0. The van der Waals surface area contributed by atoms with E-state index in [1.165, 1.54) is 7.11 Å². The quantitative estimate of drug-likeness (QED) is 0.256. The first-order valence-corrected chi connectivity index (χ1v) is 13.2. The van der Waals surface area contributed by atoms with Crippen molar-refractivity contribution >= 4 is 36.0 Å². The minimum Gasteiger partial charge on any atom is -0.496 e. The van der Waals surface area contributed by atoms with Gasteiger partial charge in [0.25, 0.3) is 11.8 Å². The predicted octanol–water partition coefficient (Wildman–Crippen LogP) is 3.91. The van der Waals surface area contributed by atoms with Gasteiger partial charge in [-0.05, 0) is 68.2 Å². The highest BCUT2D eigenvalue weighted by molar-refractivity contribution is 5.99. The molecule has 0 spiro atoms. The van der Waals surface area contributed by atoms with E-state index in [0.717, 1.165) is 43.5 Å². The van der Waals surface area contributed by atoms with Crippen LogP contribution in [0, 0.1) is 11.3 Å². The number of nitrogens with one attached hydrogen (secondary N) is 2. The number of amidine groups is 1. The lowest BCUT2D eigenvalue weighted by Crippen LogP contribution is -2.40. The number of carbonyl (C=O) groups is 3. The van der Waals surface area contributed by atoms with Gasteiger partial charge in [0.1, 0.15) is 11.6 Å². The molecule has 39 heavy (non-hydrogen) atoms. The summed E-state index contributed by atoms with van der Waals surface area (Å²) in [5.74, 6) is -0.465. The summed E-state index contributed by atoms with van der Waals surface area (Å²) in [5, 5.41) is 10.6. The number of hydrogen-bond donors (Lipinski definition) is 3. The fourth-order valence-corrected chi connectivity index (χ4v) is 5.13. The maximum absolute atomic E-state index is 13.2. The van der Waals surface area contributed by atoms with E-state index in [1.54, 1.807) is 29.2 Å². The highest BCUT2D eigenvalue weighted by atomic mass is 35.5. The molecular formula is C29H37ClN4O5. The summed E-state index contributed by atoms with van der Waals surface area (Å²) in [6.45, 7) is 1.28. The Morgan fingerprint density at radius 2 is 1.62 bits per heavy atom. The van der Waals surface area contributed by atoms with Gasteiger partial charge in [-0.2, -0.15) is 0 Å². The van der Waals surface area contributed by atoms with E-state index in [0.29, 0.717) is 42.6 Å². The molecule has 2 aliphatic rings. The molecule has 4 rings (SSSR count). The monoisotopic (exact) mass is 556 g/mol. The molecule has 210 valence electrons. The Morgan fingerprint density at radius 1 is 0.974 bits per heavy atom. The smallest absolute Gasteiger partial charge is 0.309 e. The molecule has 1 aliphatic carbocycles. The van der Waals surface area contributed by atoms with Gasteiger partial charge in [-0.3, -0.25) is 19.8 Å². The summed E-state index contributed by atoms with van der Waals surface area (Å²) in [5.41, 5.74) is 8.35. The number of rotatable bonds is 8. The van der Waals surface area contributed by atoms with Crippen LogP contribution in [0.15, 0.2) is 42.5 Å². The molecule has 0 aromatic heterocycles. The van der Waals surface area contributed by atoms with Crippen LogP contribution in [-0.2, 0) is 14.3 Å². The lowest BCUT2D eigenvalue weighted by Gasteiger charge is -2.29. The number of carbonyl (C=O) groups excluding carboxylic acids is 3. The standard InChI is InChI=1S/C29H36N4O5.ClH/c1-37-25-14-11-22(19-5-7-20(8-6-19)27(30)31)17-24(25)28(35)32-23-12-9-21(10-13-23)29(36)38-18-26(34)33-15-3-2-4-16-33;/h5-8,11,14,17,21,23H,2-4,9-10,12-13,15-16,18H2,1H3,(H3,30,31)(H,32,35);1H. The number of likely N-dealkylation sites (tertiary alicyclic amines) is 1. The normalized spacial score (nSPS) is 18.8. The van der Waals surface area contributed by atoms with Gasteiger partial charge in [0, 0.05) is 24.7 Å². The number of benzene rings is 2. The predicted molar refractivity (Wildman–Crippen MR) is 151 cm³/mol. The van der Waals surface area contributed by atoms with Crippen molar-refractivity contribution in [2.24, 2.45) is 11.7 Å². The molecule has 4 N–H and O–H groups in total. The fraction of sp³-hybridized carbons (Fsp3) is 0.448. The Balaban J connectivity index is 0.00000420. The first-order chi connectivity index (χ1) is 18.4. The molecule has 2 aromatic rings. The number of nitrogen functional groups attached to an aromatic ring is 1. The van der Waals surface area contributed by atoms with Crippen molar-refractivity contribution in [3.63, 3.8) is 0 Å². The summed E-state index contributed by atoms with van der Waals surface area (Å²) in [4.78, 5) is 39.8. The van der Waals surface area contributed by atoms with Crippen LogP contribution in [0.5, 0.6) is 5.75 Å². The zero-order chi connectivity index (χ0) is 27.1. The van der Waals surface area contributed by atoms with E-state index in [1.807, 2.05) is 18.2 Å². The molecule has 1 aliphatic heterocycles. The molecule has 2 amide bonds. The van der Waals surface area contributed by atoms with Crippen LogP contribution < -0.4 is 15.8 Å². The van der Waals surface area contributed by atoms with Crippen molar-refractivity contribution in [2.45, 2.75) is 51.0 Å². The maximum Gasteiger partial charge on any atom is 0.309 e. The molecule has 1 saturated carbocycles. The molecule has 2 fully saturated rings. The third kappa shape index (κ3) is 7.72. The molecule has 0 atom stereocenters. The Hall–Kier alpha value is -3.59. The van der Waals surface area contributed by atoms with Crippen LogP contribution in [-0.4, -0.2) is 61.4 Å². The highest BCUT2D eigenvalue weighted by Gasteiger charge is 2.30. The van der Waals surface area contributed by atoms with Gasteiger partial charge in [-0.25, -0.2) is 0 Å². The van der Waals surface area contributed by atoms with Gasteiger partial charge in [-0.1, -0.05) is 30.3 Å². The lowest BCUT2D eigenvalue weighted by molar-refractivity contribution is -0.156. The Morgan fingerprint density at radius 3 is 2.23 bits per heavy atom. The third-order valence-corrected chi connectivity index (χ3v) is 7.42. The second-order valence-corrected chi connectivity index (χ2v) is 9.98. The summed E-state index contributed by atoms with van der Waals surface area (Å²) in [6.07, 6.45) is 5.64. The van der Waals surface area contributed by atoms with Crippen LogP contribution >= 0.6 is 12.4 Å². The number of esters is 1. The SMILES string of the molecule is COc1ccc(-c2ccc(C(=N)N)cc2)cc1C(=O)NC1CCC(C(=O)OCC(=O)N2CCCCC2)CC1.Cl. The average Bonchev–Trinajstić information content (AvgIpc) is 2.96. The van der Waals surface area contributed by atoms with Gasteiger partial charge < -0.3 is 25.4 Å². The molecule has 2 aromatic carbocycles. The molecule has 0 unspecified atom stereocenters. The topological polar surface area (TPSA) is 135 Å². The van der Waals surface area contributed by atoms with Crippen molar-refractivity contribution in [1.82, 2.24) is 10.2 Å². The summed E-state index contributed by atoms with van der Waals surface area (Å²) in [6, 6.07) is 12.6. The zero-order valence-corrected chi connectivity index (χ0v) is 23.1. The number of hydrogen-bond acceptors (Lipinski definition) is 6.